The second-order valence-corrected chi connectivity index (χ2v) is 6.71. The third-order valence-corrected chi connectivity index (χ3v) is 4.22. The van der Waals surface area contributed by atoms with E-state index in [0.717, 1.165) is 0 Å². The minimum atomic E-state index is -0.658. The summed E-state index contributed by atoms with van der Waals surface area (Å²) in [4.78, 5) is 34.8. The van der Waals surface area contributed by atoms with Crippen molar-refractivity contribution in [2.75, 3.05) is 6.61 Å². The molecule has 0 bridgehead atoms. The Morgan fingerprint density at radius 2 is 1.86 bits per heavy atom. The molecule has 0 spiro atoms. The minimum Gasteiger partial charge on any atom is -0.480 e. The van der Waals surface area contributed by atoms with Gasteiger partial charge in [-0.2, -0.15) is 0 Å². The Balaban J connectivity index is 1.68. The van der Waals surface area contributed by atoms with E-state index in [1.165, 1.54) is 31.2 Å². The average Bonchev–Trinajstić information content (AvgIpc) is 2.64. The lowest BCUT2D eigenvalue weighted by molar-refractivity contribution is -0.147. The summed E-state index contributed by atoms with van der Waals surface area (Å²) in [5, 5.41) is 1.24. The zero-order valence-electron chi connectivity index (χ0n) is 15.1. The van der Waals surface area contributed by atoms with Crippen molar-refractivity contribution < 1.29 is 28.2 Å². The number of rotatable bonds is 6. The molecule has 0 unspecified atom stereocenters. The highest BCUT2D eigenvalue weighted by molar-refractivity contribution is 6.35. The zero-order chi connectivity index (χ0) is 21.0. The van der Waals surface area contributed by atoms with Gasteiger partial charge in [0.15, 0.2) is 6.61 Å². The summed E-state index contributed by atoms with van der Waals surface area (Å²) in [6, 6.07) is 10.4. The maximum atomic E-state index is 12.0. The molecule has 9 heteroatoms. The summed E-state index contributed by atoms with van der Waals surface area (Å²) < 4.78 is 20.6. The van der Waals surface area contributed by atoms with Crippen LogP contribution < -0.4 is 15.1 Å². The number of fused-ring (bicyclic) bond motifs is 1. The van der Waals surface area contributed by atoms with E-state index >= 15 is 0 Å². The first kappa shape index (κ1) is 20.7. The molecule has 0 amide bonds. The van der Waals surface area contributed by atoms with E-state index in [2.05, 4.69) is 0 Å². The maximum Gasteiger partial charge on any atom is 0.344 e. The van der Waals surface area contributed by atoms with Crippen molar-refractivity contribution in [1.82, 2.24) is 0 Å². The molecule has 0 atom stereocenters. The van der Waals surface area contributed by atoms with Gasteiger partial charge in [0.25, 0.3) is 0 Å². The van der Waals surface area contributed by atoms with Crippen molar-refractivity contribution in [3.63, 3.8) is 0 Å². The van der Waals surface area contributed by atoms with Gasteiger partial charge in [0, 0.05) is 35.0 Å². The fourth-order valence-corrected chi connectivity index (χ4v) is 2.95. The van der Waals surface area contributed by atoms with Gasteiger partial charge in [0.05, 0.1) is 5.02 Å². The molecular weight excluding hydrogens is 423 g/mol. The summed E-state index contributed by atoms with van der Waals surface area (Å²) in [7, 11) is 0. The quantitative estimate of drug-likeness (QED) is 0.325. The fraction of sp³-hybridized carbons (Fsp3) is 0.150. The molecular formula is C20H14Cl2O7. The van der Waals surface area contributed by atoms with Crippen LogP contribution in [0.25, 0.3) is 11.0 Å². The van der Waals surface area contributed by atoms with Crippen LogP contribution in [0.4, 0.5) is 0 Å². The predicted octanol–water partition coefficient (Wildman–Crippen LogP) is 4.15. The third-order valence-electron chi connectivity index (χ3n) is 3.69. The number of carbonyl (C=O) groups is 2. The van der Waals surface area contributed by atoms with Crippen molar-refractivity contribution in [3.8, 4) is 11.5 Å². The number of benzene rings is 2. The van der Waals surface area contributed by atoms with Crippen LogP contribution in [0.3, 0.4) is 0 Å². The number of halogens is 2. The second-order valence-electron chi connectivity index (χ2n) is 5.87. The molecule has 0 N–H and O–H groups in total. The highest BCUT2D eigenvalue weighted by atomic mass is 35.5. The minimum absolute atomic E-state index is 0.175. The van der Waals surface area contributed by atoms with E-state index in [9.17, 15) is 14.4 Å². The van der Waals surface area contributed by atoms with Gasteiger partial charge in [-0.25, -0.2) is 9.59 Å². The van der Waals surface area contributed by atoms with Crippen molar-refractivity contribution in [3.05, 3.63) is 68.5 Å². The van der Waals surface area contributed by atoms with E-state index in [0.29, 0.717) is 16.0 Å². The number of carbonyl (C=O) groups excluding carboxylic acids is 2. The van der Waals surface area contributed by atoms with Gasteiger partial charge in [0.1, 0.15) is 23.7 Å². The maximum absolute atomic E-state index is 12.0. The Hall–Kier alpha value is -3.03. The topological polar surface area (TPSA) is 92.0 Å². The van der Waals surface area contributed by atoms with E-state index < -0.39 is 17.6 Å². The van der Waals surface area contributed by atoms with Gasteiger partial charge in [-0.05, 0) is 30.3 Å². The lowest BCUT2D eigenvalue weighted by Gasteiger charge is -2.10. The van der Waals surface area contributed by atoms with Gasteiger partial charge in [0.2, 0.25) is 0 Å². The van der Waals surface area contributed by atoms with Gasteiger partial charge in [-0.3, -0.25) is 4.79 Å². The molecule has 0 radical (unpaired) electrons. The molecule has 0 saturated carbocycles. The van der Waals surface area contributed by atoms with Crippen LogP contribution in [0.5, 0.6) is 11.5 Å². The molecule has 1 aromatic heterocycles. The summed E-state index contributed by atoms with van der Waals surface area (Å²) >= 11 is 11.8. The van der Waals surface area contributed by atoms with Crippen molar-refractivity contribution in [2.45, 2.75) is 13.5 Å². The van der Waals surface area contributed by atoms with Crippen molar-refractivity contribution in [2.24, 2.45) is 0 Å². The molecule has 0 aliphatic carbocycles. The molecule has 2 aromatic carbocycles. The summed E-state index contributed by atoms with van der Waals surface area (Å²) in [5.41, 5.74) is 0.00251. The van der Waals surface area contributed by atoms with Crippen molar-refractivity contribution in [1.29, 1.82) is 0 Å². The summed E-state index contributed by atoms with van der Waals surface area (Å²) in [6.45, 7) is 0.707. The van der Waals surface area contributed by atoms with Crippen LogP contribution in [-0.2, 0) is 20.9 Å². The second kappa shape index (κ2) is 8.98. The summed E-state index contributed by atoms with van der Waals surface area (Å²) in [5.74, 6) is -0.640. The van der Waals surface area contributed by atoms with Crippen LogP contribution in [0.1, 0.15) is 12.5 Å². The van der Waals surface area contributed by atoms with E-state index in [1.54, 1.807) is 18.2 Å². The predicted molar refractivity (Wildman–Crippen MR) is 106 cm³/mol. The molecule has 7 nitrogen and oxygen atoms in total. The Labute approximate surface area is 174 Å². The summed E-state index contributed by atoms with van der Waals surface area (Å²) in [6.07, 6.45) is 0. The molecule has 0 saturated heterocycles. The molecule has 3 aromatic rings. The van der Waals surface area contributed by atoms with E-state index in [-0.39, 0.29) is 35.3 Å². The standard InChI is InChI=1S/C20H14Cl2O7/c1-11(23)28-14-3-4-15-12(6-19(24)29-18(15)8-14)9-27-20(25)10-26-17-5-2-13(21)7-16(17)22/h2-8H,9-10H2,1H3. The first-order chi connectivity index (χ1) is 13.8. The Bertz CT molecular complexity index is 1140. The van der Waals surface area contributed by atoms with E-state index in [1.807, 2.05) is 0 Å². The fourth-order valence-electron chi connectivity index (χ4n) is 2.49. The average molecular weight is 437 g/mol. The largest absolute Gasteiger partial charge is 0.480 e. The molecule has 150 valence electrons. The van der Waals surface area contributed by atoms with Gasteiger partial charge in [-0.15, -0.1) is 0 Å². The first-order valence-electron chi connectivity index (χ1n) is 8.30. The number of ether oxygens (including phenoxy) is 3. The van der Waals surface area contributed by atoms with Crippen LogP contribution in [-0.4, -0.2) is 18.5 Å². The van der Waals surface area contributed by atoms with Gasteiger partial charge < -0.3 is 18.6 Å². The normalized spacial score (nSPS) is 10.6. The lowest BCUT2D eigenvalue weighted by Crippen LogP contribution is -2.15. The smallest absolute Gasteiger partial charge is 0.344 e. The van der Waals surface area contributed by atoms with Crippen LogP contribution in [0.2, 0.25) is 10.0 Å². The van der Waals surface area contributed by atoms with E-state index in [4.69, 9.17) is 41.8 Å². The molecule has 0 aliphatic heterocycles. The van der Waals surface area contributed by atoms with Crippen molar-refractivity contribution >= 4 is 46.1 Å². The van der Waals surface area contributed by atoms with Gasteiger partial charge >= 0.3 is 17.6 Å². The van der Waals surface area contributed by atoms with Gasteiger partial charge in [-0.1, -0.05) is 23.2 Å². The lowest BCUT2D eigenvalue weighted by atomic mass is 10.1. The molecule has 0 fully saturated rings. The number of esters is 2. The number of hydrogen-bond donors (Lipinski definition) is 0. The Morgan fingerprint density at radius 1 is 1.07 bits per heavy atom. The molecule has 1 heterocycles. The molecule has 3 rings (SSSR count). The first-order valence-corrected chi connectivity index (χ1v) is 9.06. The highest BCUT2D eigenvalue weighted by Gasteiger charge is 2.12. The number of hydrogen-bond acceptors (Lipinski definition) is 7. The third kappa shape index (κ3) is 5.49. The van der Waals surface area contributed by atoms with Crippen LogP contribution >= 0.6 is 23.2 Å². The SMILES string of the molecule is CC(=O)Oc1ccc2c(COC(=O)COc3ccc(Cl)cc3Cl)cc(=O)oc2c1. The Kier molecular flexibility index (Phi) is 6.41. The molecule has 0 aliphatic rings. The zero-order valence-corrected chi connectivity index (χ0v) is 16.6. The van der Waals surface area contributed by atoms with Crippen LogP contribution in [0.15, 0.2) is 51.7 Å². The monoisotopic (exact) mass is 436 g/mol. The van der Waals surface area contributed by atoms with Crippen LogP contribution in [0, 0.1) is 0 Å². The Morgan fingerprint density at radius 3 is 2.59 bits per heavy atom. The highest BCUT2D eigenvalue weighted by Crippen LogP contribution is 2.27. The molecule has 29 heavy (non-hydrogen) atoms.